The van der Waals surface area contributed by atoms with Crippen LogP contribution in [0.15, 0.2) is 54.6 Å². The van der Waals surface area contributed by atoms with Gasteiger partial charge in [-0.05, 0) is 17.5 Å². The summed E-state index contributed by atoms with van der Waals surface area (Å²) in [7, 11) is 0. The van der Waals surface area contributed by atoms with E-state index in [4.69, 9.17) is 5.73 Å². The molecule has 0 aliphatic heterocycles. The second-order valence-electron chi connectivity index (χ2n) is 5.79. The van der Waals surface area contributed by atoms with Crippen LogP contribution in [0.25, 0.3) is 10.6 Å². The molecule has 25 heavy (non-hydrogen) atoms. The molecule has 3 N–H and O–H groups in total. The maximum Gasteiger partial charge on any atom is 0.217 e. The molecule has 3 rings (SSSR count). The van der Waals surface area contributed by atoms with Gasteiger partial charge in [-0.1, -0.05) is 65.9 Å². The second-order valence-corrected chi connectivity index (χ2v) is 6.80. The standard InChI is InChI=1S/C19H20N4OS/c1-13(24)21-17(11-14-7-9-15(12-20)10-8-14)19-23-22-18(25-19)16-5-3-2-4-6-16/h2-10,17H,11-12,20H2,1H3,(H,21,24). The van der Waals surface area contributed by atoms with E-state index in [0.717, 1.165) is 26.7 Å². The maximum absolute atomic E-state index is 11.6. The molecule has 128 valence electrons. The number of rotatable bonds is 6. The number of nitrogens with one attached hydrogen (secondary N) is 1. The van der Waals surface area contributed by atoms with Crippen LogP contribution in [0.2, 0.25) is 0 Å². The first kappa shape index (κ1) is 17.3. The van der Waals surface area contributed by atoms with Crippen molar-refractivity contribution in [3.63, 3.8) is 0 Å². The van der Waals surface area contributed by atoms with Crippen LogP contribution < -0.4 is 11.1 Å². The molecule has 0 bridgehead atoms. The summed E-state index contributed by atoms with van der Waals surface area (Å²) in [5.74, 6) is -0.0833. The van der Waals surface area contributed by atoms with Gasteiger partial charge in [0.15, 0.2) is 0 Å². The van der Waals surface area contributed by atoms with Crippen LogP contribution in [-0.2, 0) is 17.8 Å². The van der Waals surface area contributed by atoms with Gasteiger partial charge in [0.25, 0.3) is 0 Å². The Morgan fingerprint density at radius 1 is 1.08 bits per heavy atom. The van der Waals surface area contributed by atoms with E-state index in [9.17, 15) is 4.79 Å². The van der Waals surface area contributed by atoms with Crippen molar-refractivity contribution in [1.29, 1.82) is 0 Å². The zero-order valence-corrected chi connectivity index (χ0v) is 14.8. The van der Waals surface area contributed by atoms with Crippen LogP contribution in [0.4, 0.5) is 0 Å². The number of carbonyl (C=O) groups is 1. The zero-order chi connectivity index (χ0) is 17.6. The molecule has 6 heteroatoms. The largest absolute Gasteiger partial charge is 0.347 e. The highest BCUT2D eigenvalue weighted by molar-refractivity contribution is 7.14. The van der Waals surface area contributed by atoms with Crippen LogP contribution in [0.1, 0.15) is 29.1 Å². The molecule has 0 fully saturated rings. The van der Waals surface area contributed by atoms with E-state index in [1.165, 1.54) is 18.3 Å². The summed E-state index contributed by atoms with van der Waals surface area (Å²) in [6, 6.07) is 17.8. The first-order valence-electron chi connectivity index (χ1n) is 8.09. The van der Waals surface area contributed by atoms with Gasteiger partial charge in [-0.25, -0.2) is 0 Å². The fourth-order valence-corrected chi connectivity index (χ4v) is 3.47. The van der Waals surface area contributed by atoms with Gasteiger partial charge in [0.05, 0.1) is 6.04 Å². The molecule has 1 atom stereocenters. The Balaban J connectivity index is 1.83. The molecule has 2 aromatic carbocycles. The smallest absolute Gasteiger partial charge is 0.217 e. The summed E-state index contributed by atoms with van der Waals surface area (Å²) in [6.45, 7) is 2.04. The predicted octanol–water partition coefficient (Wildman–Crippen LogP) is 3.08. The Morgan fingerprint density at radius 3 is 2.40 bits per heavy atom. The molecular weight excluding hydrogens is 332 g/mol. The normalized spacial score (nSPS) is 11.9. The Labute approximate surface area is 150 Å². The van der Waals surface area contributed by atoms with E-state index < -0.39 is 0 Å². The molecule has 0 saturated carbocycles. The predicted molar refractivity (Wildman–Crippen MR) is 99.9 cm³/mol. The first-order chi connectivity index (χ1) is 12.2. The minimum atomic E-state index is -0.198. The minimum absolute atomic E-state index is 0.0833. The number of aromatic nitrogens is 2. The minimum Gasteiger partial charge on any atom is -0.347 e. The molecule has 0 aliphatic rings. The summed E-state index contributed by atoms with van der Waals surface area (Å²) < 4.78 is 0. The van der Waals surface area contributed by atoms with E-state index in [0.29, 0.717) is 13.0 Å². The summed E-state index contributed by atoms with van der Waals surface area (Å²) in [5.41, 5.74) is 8.87. The molecule has 1 aromatic heterocycles. The van der Waals surface area contributed by atoms with E-state index in [-0.39, 0.29) is 11.9 Å². The molecule has 1 amide bonds. The van der Waals surface area contributed by atoms with Gasteiger partial charge in [-0.3, -0.25) is 4.79 Å². The highest BCUT2D eigenvalue weighted by Crippen LogP contribution is 2.28. The van der Waals surface area contributed by atoms with Gasteiger partial charge in [0.2, 0.25) is 5.91 Å². The third kappa shape index (κ3) is 4.49. The summed E-state index contributed by atoms with van der Waals surface area (Å²) in [5, 5.41) is 13.2. The average Bonchev–Trinajstić information content (AvgIpc) is 3.12. The molecule has 0 aliphatic carbocycles. The highest BCUT2D eigenvalue weighted by Gasteiger charge is 2.19. The lowest BCUT2D eigenvalue weighted by Gasteiger charge is -2.15. The second kappa shape index (κ2) is 8.00. The summed E-state index contributed by atoms with van der Waals surface area (Å²) in [6.07, 6.45) is 0.661. The van der Waals surface area contributed by atoms with Crippen molar-refractivity contribution in [3.8, 4) is 10.6 Å². The topological polar surface area (TPSA) is 80.9 Å². The lowest BCUT2D eigenvalue weighted by molar-refractivity contribution is -0.119. The number of nitrogens with zero attached hydrogens (tertiary/aromatic N) is 2. The van der Waals surface area contributed by atoms with Crippen molar-refractivity contribution in [3.05, 3.63) is 70.7 Å². The van der Waals surface area contributed by atoms with Gasteiger partial charge in [0, 0.05) is 19.0 Å². The monoisotopic (exact) mass is 352 g/mol. The number of benzene rings is 2. The van der Waals surface area contributed by atoms with Crippen LogP contribution in [-0.4, -0.2) is 16.1 Å². The number of amides is 1. The van der Waals surface area contributed by atoms with Gasteiger partial charge in [-0.15, -0.1) is 10.2 Å². The molecule has 1 heterocycles. The van der Waals surface area contributed by atoms with Crippen LogP contribution in [0.3, 0.4) is 0 Å². The average molecular weight is 352 g/mol. The Morgan fingerprint density at radius 2 is 1.76 bits per heavy atom. The third-order valence-electron chi connectivity index (χ3n) is 3.84. The SMILES string of the molecule is CC(=O)NC(Cc1ccc(CN)cc1)c1nnc(-c2ccccc2)s1. The molecule has 1 unspecified atom stereocenters. The Hall–Kier alpha value is -2.57. The maximum atomic E-state index is 11.6. The lowest BCUT2D eigenvalue weighted by Crippen LogP contribution is -2.27. The third-order valence-corrected chi connectivity index (χ3v) is 4.92. The summed E-state index contributed by atoms with van der Waals surface area (Å²) >= 11 is 1.51. The van der Waals surface area contributed by atoms with Crippen molar-refractivity contribution >= 4 is 17.2 Å². The number of carbonyl (C=O) groups excluding carboxylic acids is 1. The molecule has 3 aromatic rings. The number of nitrogens with two attached hydrogens (primary N) is 1. The number of hydrogen-bond donors (Lipinski definition) is 2. The Kier molecular flexibility index (Phi) is 5.53. The van der Waals surface area contributed by atoms with Crippen molar-refractivity contribution < 1.29 is 4.79 Å². The van der Waals surface area contributed by atoms with E-state index in [1.807, 2.05) is 54.6 Å². The van der Waals surface area contributed by atoms with Crippen LogP contribution >= 0.6 is 11.3 Å². The van der Waals surface area contributed by atoms with Gasteiger partial charge in [0.1, 0.15) is 10.0 Å². The van der Waals surface area contributed by atoms with E-state index >= 15 is 0 Å². The first-order valence-corrected chi connectivity index (χ1v) is 8.91. The fourth-order valence-electron chi connectivity index (χ4n) is 2.57. The molecular formula is C19H20N4OS. The van der Waals surface area contributed by atoms with E-state index in [2.05, 4.69) is 15.5 Å². The van der Waals surface area contributed by atoms with Crippen molar-refractivity contribution in [2.24, 2.45) is 5.73 Å². The van der Waals surface area contributed by atoms with E-state index in [1.54, 1.807) is 0 Å². The molecule has 0 saturated heterocycles. The van der Waals surface area contributed by atoms with Crippen LogP contribution in [0, 0.1) is 0 Å². The fraction of sp³-hybridized carbons (Fsp3) is 0.211. The van der Waals surface area contributed by atoms with Crippen molar-refractivity contribution in [2.45, 2.75) is 25.9 Å². The summed E-state index contributed by atoms with van der Waals surface area (Å²) in [4.78, 5) is 11.6. The highest BCUT2D eigenvalue weighted by atomic mass is 32.1. The Bertz CT molecular complexity index is 830. The number of hydrogen-bond acceptors (Lipinski definition) is 5. The molecule has 5 nitrogen and oxygen atoms in total. The van der Waals surface area contributed by atoms with Gasteiger partial charge < -0.3 is 11.1 Å². The lowest BCUT2D eigenvalue weighted by atomic mass is 10.0. The van der Waals surface area contributed by atoms with Crippen molar-refractivity contribution in [1.82, 2.24) is 15.5 Å². The quantitative estimate of drug-likeness (QED) is 0.714. The van der Waals surface area contributed by atoms with Gasteiger partial charge in [-0.2, -0.15) is 0 Å². The van der Waals surface area contributed by atoms with Gasteiger partial charge >= 0.3 is 0 Å². The molecule has 0 spiro atoms. The van der Waals surface area contributed by atoms with Crippen LogP contribution in [0.5, 0.6) is 0 Å². The molecule has 0 radical (unpaired) electrons. The zero-order valence-electron chi connectivity index (χ0n) is 14.0. The van der Waals surface area contributed by atoms with Crippen molar-refractivity contribution in [2.75, 3.05) is 0 Å².